The minimum atomic E-state index is -3.81. The molecule has 2 rings (SSSR count). The average Bonchev–Trinajstić information content (AvgIpc) is 2.59. The molecule has 7 nitrogen and oxygen atoms in total. The van der Waals surface area contributed by atoms with Crippen molar-refractivity contribution >= 4 is 27.9 Å². The van der Waals surface area contributed by atoms with Crippen molar-refractivity contribution < 1.29 is 30.4 Å². The Balaban J connectivity index is 1.92. The smallest absolute Gasteiger partial charge is 0.294 e. The summed E-state index contributed by atoms with van der Waals surface area (Å²) in [6.07, 6.45) is 0. The zero-order chi connectivity index (χ0) is 19.4. The van der Waals surface area contributed by atoms with Gasteiger partial charge in [0.25, 0.3) is 0 Å². The molecule has 0 atom stereocenters. The van der Waals surface area contributed by atoms with E-state index in [2.05, 4.69) is 0 Å². The van der Waals surface area contributed by atoms with Crippen LogP contribution in [0.4, 0.5) is 0 Å². The third kappa shape index (κ3) is 5.75. The van der Waals surface area contributed by atoms with E-state index in [1.807, 2.05) is 13.8 Å². The molecule has 10 heteroatoms. The molecule has 0 amide bonds. The fraction of sp³-hybridized carbons (Fsp3) is 0.250. The molecule has 2 aromatic rings. The van der Waals surface area contributed by atoms with Gasteiger partial charge >= 0.3 is 8.25 Å². The van der Waals surface area contributed by atoms with Crippen LogP contribution in [0.15, 0.2) is 58.3 Å². The minimum Gasteiger partial charge on any atom is -0.294 e. The summed E-state index contributed by atoms with van der Waals surface area (Å²) in [4.78, 5) is 0.0374. The van der Waals surface area contributed by atoms with Crippen LogP contribution in [0.3, 0.4) is 0 Å². The minimum absolute atomic E-state index is 0.0187. The summed E-state index contributed by atoms with van der Waals surface area (Å²) >= 11 is 0. The van der Waals surface area contributed by atoms with E-state index in [-0.39, 0.29) is 9.79 Å². The van der Waals surface area contributed by atoms with E-state index in [9.17, 15) is 21.4 Å². The van der Waals surface area contributed by atoms with Gasteiger partial charge in [-0.1, -0.05) is 35.4 Å². The normalized spacial score (nSPS) is 12.4. The number of benzene rings is 2. The summed E-state index contributed by atoms with van der Waals surface area (Å²) in [5.41, 5.74) is 1.78. The standard InChI is InChI=1S/C16H19O7PS2/c1-13-3-7-15(8-4-13)25(18,19)11-22-24(17)23-12-26(20,21)16-9-5-14(2)6-10-16/h3-10,24H,11-12H2,1-2H3. The molecule has 0 N–H and O–H groups in total. The molecular weight excluding hydrogens is 399 g/mol. The van der Waals surface area contributed by atoms with Gasteiger partial charge in [-0.3, -0.25) is 13.6 Å². The van der Waals surface area contributed by atoms with Crippen LogP contribution in [-0.4, -0.2) is 28.7 Å². The lowest BCUT2D eigenvalue weighted by molar-refractivity contribution is 0.275. The Morgan fingerprint density at radius 2 is 1.00 bits per heavy atom. The summed E-state index contributed by atoms with van der Waals surface area (Å²) in [6.45, 7) is 3.63. The molecule has 0 unspecified atom stereocenters. The Morgan fingerprint density at radius 1 is 0.692 bits per heavy atom. The maximum Gasteiger partial charge on any atom is 0.321 e. The van der Waals surface area contributed by atoms with Gasteiger partial charge in [0.2, 0.25) is 19.7 Å². The monoisotopic (exact) mass is 418 g/mol. The Kier molecular flexibility index (Phi) is 6.76. The summed E-state index contributed by atoms with van der Waals surface area (Å²) < 4.78 is 69.5. The van der Waals surface area contributed by atoms with Crippen LogP contribution >= 0.6 is 8.25 Å². The van der Waals surface area contributed by atoms with E-state index in [1.165, 1.54) is 24.3 Å². The van der Waals surface area contributed by atoms with Crippen molar-refractivity contribution in [3.05, 3.63) is 59.7 Å². The summed E-state index contributed by atoms with van der Waals surface area (Å²) in [5.74, 6) is -1.73. The summed E-state index contributed by atoms with van der Waals surface area (Å²) in [5, 5.41) is 0. The van der Waals surface area contributed by atoms with Crippen LogP contribution in [0.25, 0.3) is 0 Å². The third-order valence-electron chi connectivity index (χ3n) is 3.42. The Morgan fingerprint density at radius 3 is 1.31 bits per heavy atom. The van der Waals surface area contributed by atoms with Gasteiger partial charge in [-0.2, -0.15) is 0 Å². The highest BCUT2D eigenvalue weighted by atomic mass is 32.2. The van der Waals surface area contributed by atoms with Crippen molar-refractivity contribution in [1.82, 2.24) is 0 Å². The molecule has 0 aliphatic rings. The second-order valence-corrected chi connectivity index (χ2v) is 10.6. The predicted molar refractivity (Wildman–Crippen MR) is 97.6 cm³/mol. The molecule has 0 heterocycles. The van der Waals surface area contributed by atoms with Crippen LogP contribution in [0.5, 0.6) is 0 Å². The molecular formula is C16H19O7PS2. The lowest BCUT2D eigenvalue weighted by atomic mass is 10.2. The van der Waals surface area contributed by atoms with Gasteiger partial charge in [0.05, 0.1) is 9.79 Å². The summed E-state index contributed by atoms with van der Waals surface area (Å²) in [7, 11) is -10.9. The second kappa shape index (κ2) is 8.45. The van der Waals surface area contributed by atoms with Gasteiger partial charge in [-0.05, 0) is 38.1 Å². The van der Waals surface area contributed by atoms with Crippen molar-refractivity contribution in [3.63, 3.8) is 0 Å². The van der Waals surface area contributed by atoms with Gasteiger partial charge in [-0.25, -0.2) is 16.8 Å². The topological polar surface area (TPSA) is 104 Å². The van der Waals surface area contributed by atoms with Crippen molar-refractivity contribution in [1.29, 1.82) is 0 Å². The first-order valence-corrected chi connectivity index (χ1v) is 12.0. The van der Waals surface area contributed by atoms with Crippen molar-refractivity contribution in [2.45, 2.75) is 23.6 Å². The third-order valence-corrected chi connectivity index (χ3v) is 7.44. The lowest BCUT2D eigenvalue weighted by Crippen LogP contribution is -2.10. The summed E-state index contributed by atoms with van der Waals surface area (Å²) in [6, 6.07) is 12.1. The van der Waals surface area contributed by atoms with Gasteiger partial charge < -0.3 is 0 Å². The lowest BCUT2D eigenvalue weighted by Gasteiger charge is -2.08. The Bertz CT molecular complexity index is 898. The van der Waals surface area contributed by atoms with Crippen LogP contribution in [0.1, 0.15) is 11.1 Å². The predicted octanol–water partition coefficient (Wildman–Crippen LogP) is 2.89. The molecule has 0 aliphatic heterocycles. The van der Waals surface area contributed by atoms with Crippen molar-refractivity contribution in [3.8, 4) is 0 Å². The average molecular weight is 418 g/mol. The quantitative estimate of drug-likeness (QED) is 0.607. The number of hydrogen-bond acceptors (Lipinski definition) is 7. The Labute approximate surface area is 153 Å². The van der Waals surface area contributed by atoms with Crippen LogP contribution in [0, 0.1) is 13.8 Å². The largest absolute Gasteiger partial charge is 0.321 e. The SMILES string of the molecule is Cc1ccc(S(=O)(=O)CO[PH](=O)OCS(=O)(=O)c2ccc(C)cc2)cc1. The van der Waals surface area contributed by atoms with E-state index in [0.717, 1.165) is 11.1 Å². The highest BCUT2D eigenvalue weighted by molar-refractivity contribution is 7.91. The van der Waals surface area contributed by atoms with Crippen LogP contribution < -0.4 is 0 Å². The molecule has 142 valence electrons. The zero-order valence-electron chi connectivity index (χ0n) is 14.2. The van der Waals surface area contributed by atoms with Crippen LogP contribution in [-0.2, 0) is 33.3 Å². The van der Waals surface area contributed by atoms with Gasteiger partial charge in [0.1, 0.15) is 0 Å². The molecule has 0 saturated carbocycles. The van der Waals surface area contributed by atoms with Gasteiger partial charge in [0, 0.05) is 0 Å². The first-order valence-electron chi connectivity index (χ1n) is 7.48. The number of rotatable bonds is 8. The molecule has 0 spiro atoms. The zero-order valence-corrected chi connectivity index (χ0v) is 16.8. The maximum absolute atomic E-state index is 12.1. The highest BCUT2D eigenvalue weighted by Gasteiger charge is 2.19. The number of aryl methyl sites for hydroxylation is 2. The molecule has 0 fully saturated rings. The number of hydrogen-bond donors (Lipinski definition) is 0. The van der Waals surface area contributed by atoms with Gasteiger partial charge in [0.15, 0.2) is 11.9 Å². The number of sulfone groups is 2. The molecule has 0 aliphatic carbocycles. The van der Waals surface area contributed by atoms with E-state index >= 15 is 0 Å². The first-order chi connectivity index (χ1) is 12.1. The highest BCUT2D eigenvalue weighted by Crippen LogP contribution is 2.27. The molecule has 0 aromatic heterocycles. The molecule has 0 radical (unpaired) electrons. The molecule has 0 saturated heterocycles. The van der Waals surface area contributed by atoms with E-state index < -0.39 is 39.8 Å². The maximum atomic E-state index is 12.1. The molecule has 2 aromatic carbocycles. The van der Waals surface area contributed by atoms with E-state index in [4.69, 9.17) is 9.05 Å². The fourth-order valence-electron chi connectivity index (χ4n) is 1.92. The van der Waals surface area contributed by atoms with Crippen molar-refractivity contribution in [2.24, 2.45) is 0 Å². The Hall–Kier alpha value is -1.51. The molecule has 0 bridgehead atoms. The van der Waals surface area contributed by atoms with E-state index in [0.29, 0.717) is 0 Å². The molecule has 26 heavy (non-hydrogen) atoms. The van der Waals surface area contributed by atoms with Crippen LogP contribution in [0.2, 0.25) is 0 Å². The first kappa shape index (κ1) is 20.8. The van der Waals surface area contributed by atoms with Gasteiger partial charge in [-0.15, -0.1) is 0 Å². The fourth-order valence-corrected chi connectivity index (χ4v) is 5.39. The van der Waals surface area contributed by atoms with Crippen molar-refractivity contribution in [2.75, 3.05) is 11.9 Å². The second-order valence-electron chi connectivity index (χ2n) is 5.63. The van der Waals surface area contributed by atoms with E-state index in [1.54, 1.807) is 24.3 Å².